The lowest BCUT2D eigenvalue weighted by molar-refractivity contribution is 0.0588. The highest BCUT2D eigenvalue weighted by atomic mass is 79.9. The number of carbonyl (C=O) groups is 1. The molecule has 1 heterocycles. The van der Waals surface area contributed by atoms with Gasteiger partial charge in [-0.3, -0.25) is 9.36 Å². The van der Waals surface area contributed by atoms with Crippen molar-refractivity contribution in [3.63, 3.8) is 0 Å². The Morgan fingerprint density at radius 1 is 0.900 bits per heavy atom. The molecule has 0 N–H and O–H groups in total. The Kier molecular flexibility index (Phi) is 5.88. The molecule has 0 aliphatic heterocycles. The molecule has 6 heteroatoms. The average molecular weight is 527 g/mol. The van der Waals surface area contributed by atoms with Crippen LogP contribution in [0.3, 0.4) is 0 Å². The number of halogens is 2. The summed E-state index contributed by atoms with van der Waals surface area (Å²) < 4.78 is 8.35. The summed E-state index contributed by atoms with van der Waals surface area (Å²) in [4.78, 5) is 26.4. The van der Waals surface area contributed by atoms with Gasteiger partial charge in [0.05, 0.1) is 13.7 Å². The SMILES string of the molecule is COC(=O)c1c(-c2ccccc2)c2cc(Br)ccc2c(=O)n1Cc1cccc(Br)c1. The number of hydrogen-bond acceptors (Lipinski definition) is 3. The molecule has 0 saturated carbocycles. The molecule has 0 atom stereocenters. The Hall–Kier alpha value is -2.70. The van der Waals surface area contributed by atoms with E-state index in [2.05, 4.69) is 31.9 Å². The summed E-state index contributed by atoms with van der Waals surface area (Å²) in [6.07, 6.45) is 0. The van der Waals surface area contributed by atoms with E-state index in [1.807, 2.05) is 66.7 Å². The number of pyridine rings is 1. The predicted molar refractivity (Wildman–Crippen MR) is 126 cm³/mol. The van der Waals surface area contributed by atoms with E-state index in [1.54, 1.807) is 6.07 Å². The monoisotopic (exact) mass is 525 g/mol. The van der Waals surface area contributed by atoms with Crippen molar-refractivity contribution < 1.29 is 9.53 Å². The van der Waals surface area contributed by atoms with E-state index in [1.165, 1.54) is 11.7 Å². The first kappa shape index (κ1) is 20.6. The molecule has 0 amide bonds. The number of rotatable bonds is 4. The fourth-order valence-corrected chi connectivity index (χ4v) is 4.40. The highest BCUT2D eigenvalue weighted by Crippen LogP contribution is 2.33. The highest BCUT2D eigenvalue weighted by Gasteiger charge is 2.24. The largest absolute Gasteiger partial charge is 0.464 e. The second-order valence-corrected chi connectivity index (χ2v) is 8.62. The van der Waals surface area contributed by atoms with Gasteiger partial charge in [-0.05, 0) is 46.8 Å². The van der Waals surface area contributed by atoms with E-state index < -0.39 is 5.97 Å². The van der Waals surface area contributed by atoms with E-state index in [0.717, 1.165) is 20.1 Å². The molecule has 4 nitrogen and oxygen atoms in total. The van der Waals surface area contributed by atoms with Gasteiger partial charge in [-0.1, -0.05) is 74.3 Å². The molecule has 4 rings (SSSR count). The van der Waals surface area contributed by atoms with Gasteiger partial charge in [0.1, 0.15) is 5.69 Å². The number of ether oxygens (including phenoxy) is 1. The topological polar surface area (TPSA) is 48.3 Å². The molecule has 30 heavy (non-hydrogen) atoms. The van der Waals surface area contributed by atoms with Crippen LogP contribution < -0.4 is 5.56 Å². The molecule has 0 aliphatic carbocycles. The third-order valence-corrected chi connectivity index (χ3v) is 5.89. The van der Waals surface area contributed by atoms with Crippen molar-refractivity contribution in [1.82, 2.24) is 4.57 Å². The van der Waals surface area contributed by atoms with Crippen LogP contribution in [0.4, 0.5) is 0 Å². The lowest BCUT2D eigenvalue weighted by Crippen LogP contribution is -2.28. The minimum absolute atomic E-state index is 0.235. The van der Waals surface area contributed by atoms with E-state index in [4.69, 9.17) is 4.74 Å². The van der Waals surface area contributed by atoms with Crippen LogP contribution in [-0.2, 0) is 11.3 Å². The van der Waals surface area contributed by atoms with Gasteiger partial charge in [0.15, 0.2) is 0 Å². The van der Waals surface area contributed by atoms with Gasteiger partial charge in [0, 0.05) is 19.9 Å². The number of carbonyl (C=O) groups excluding carboxylic acids is 1. The standard InChI is InChI=1S/C24H17Br2NO3/c1-30-24(29)22-21(16-7-3-2-4-8-16)20-13-18(26)10-11-19(20)23(28)27(22)14-15-6-5-9-17(25)12-15/h2-13H,14H2,1H3. The smallest absolute Gasteiger partial charge is 0.355 e. The van der Waals surface area contributed by atoms with Crippen molar-refractivity contribution in [2.45, 2.75) is 6.54 Å². The number of nitrogens with zero attached hydrogens (tertiary/aromatic N) is 1. The Morgan fingerprint density at radius 3 is 2.33 bits per heavy atom. The Labute approximate surface area is 190 Å². The van der Waals surface area contributed by atoms with Crippen LogP contribution in [0.15, 0.2) is 86.5 Å². The van der Waals surface area contributed by atoms with Crippen molar-refractivity contribution in [2.75, 3.05) is 7.11 Å². The second-order valence-electron chi connectivity index (χ2n) is 6.79. The van der Waals surface area contributed by atoms with Crippen LogP contribution >= 0.6 is 31.9 Å². The first-order valence-corrected chi connectivity index (χ1v) is 10.8. The molecule has 0 saturated heterocycles. The van der Waals surface area contributed by atoms with E-state index in [-0.39, 0.29) is 17.8 Å². The van der Waals surface area contributed by atoms with Gasteiger partial charge in [0.2, 0.25) is 0 Å². The summed E-state index contributed by atoms with van der Waals surface area (Å²) in [6.45, 7) is 0.245. The van der Waals surface area contributed by atoms with Crippen LogP contribution in [0.1, 0.15) is 16.1 Å². The van der Waals surface area contributed by atoms with Crippen LogP contribution in [0.25, 0.3) is 21.9 Å². The highest BCUT2D eigenvalue weighted by molar-refractivity contribution is 9.10. The number of hydrogen-bond donors (Lipinski definition) is 0. The maximum Gasteiger partial charge on any atom is 0.355 e. The van der Waals surface area contributed by atoms with Crippen LogP contribution in [0.5, 0.6) is 0 Å². The Bertz CT molecular complexity index is 1310. The molecule has 4 aromatic rings. The summed E-state index contributed by atoms with van der Waals surface area (Å²) in [5, 5.41) is 1.24. The molecule has 0 spiro atoms. The van der Waals surface area contributed by atoms with E-state index in [0.29, 0.717) is 16.3 Å². The van der Waals surface area contributed by atoms with Gasteiger partial charge in [-0.15, -0.1) is 0 Å². The molecule has 150 valence electrons. The van der Waals surface area contributed by atoms with Crippen molar-refractivity contribution in [2.24, 2.45) is 0 Å². The summed E-state index contributed by atoms with van der Waals surface area (Å²) in [5.74, 6) is -0.553. The Morgan fingerprint density at radius 2 is 1.63 bits per heavy atom. The quantitative estimate of drug-likeness (QED) is 0.305. The first-order valence-electron chi connectivity index (χ1n) is 9.24. The molecule has 0 unspecified atom stereocenters. The van der Waals surface area contributed by atoms with Gasteiger partial charge in [-0.25, -0.2) is 4.79 Å². The molecular weight excluding hydrogens is 510 g/mol. The molecule has 1 aromatic heterocycles. The zero-order chi connectivity index (χ0) is 21.3. The number of aromatic nitrogens is 1. The predicted octanol–water partition coefficient (Wildman–Crippen LogP) is 6.03. The maximum absolute atomic E-state index is 13.5. The van der Waals surface area contributed by atoms with Crippen molar-refractivity contribution >= 4 is 48.6 Å². The first-order chi connectivity index (χ1) is 14.5. The lowest BCUT2D eigenvalue weighted by Gasteiger charge is -2.19. The fourth-order valence-electron chi connectivity index (χ4n) is 3.59. The minimum Gasteiger partial charge on any atom is -0.464 e. The van der Waals surface area contributed by atoms with Crippen LogP contribution in [0.2, 0.25) is 0 Å². The molecular formula is C24H17Br2NO3. The van der Waals surface area contributed by atoms with Gasteiger partial charge >= 0.3 is 5.97 Å². The molecule has 3 aromatic carbocycles. The minimum atomic E-state index is -0.553. The third-order valence-electron chi connectivity index (χ3n) is 4.90. The van der Waals surface area contributed by atoms with Crippen molar-refractivity contribution in [3.8, 4) is 11.1 Å². The zero-order valence-corrected chi connectivity index (χ0v) is 19.2. The second kappa shape index (κ2) is 8.58. The summed E-state index contributed by atoms with van der Waals surface area (Å²) >= 11 is 6.96. The van der Waals surface area contributed by atoms with Gasteiger partial charge in [0.25, 0.3) is 5.56 Å². The average Bonchev–Trinajstić information content (AvgIpc) is 2.75. The van der Waals surface area contributed by atoms with Crippen molar-refractivity contribution in [3.05, 3.63) is 103 Å². The maximum atomic E-state index is 13.5. The fraction of sp³-hybridized carbons (Fsp3) is 0.0833. The number of methoxy groups -OCH3 is 1. The summed E-state index contributed by atoms with van der Waals surface area (Å²) in [7, 11) is 1.33. The number of esters is 1. The van der Waals surface area contributed by atoms with Crippen molar-refractivity contribution in [1.29, 1.82) is 0 Å². The normalized spacial score (nSPS) is 10.9. The molecule has 0 bridgehead atoms. The molecule has 0 radical (unpaired) electrons. The van der Waals surface area contributed by atoms with Gasteiger partial charge < -0.3 is 4.74 Å². The summed E-state index contributed by atoms with van der Waals surface area (Å²) in [5.41, 5.74) is 2.40. The van der Waals surface area contributed by atoms with Crippen LogP contribution in [-0.4, -0.2) is 17.6 Å². The lowest BCUT2D eigenvalue weighted by atomic mass is 9.96. The Balaban J connectivity index is 2.13. The zero-order valence-electron chi connectivity index (χ0n) is 16.1. The van der Waals surface area contributed by atoms with E-state index >= 15 is 0 Å². The molecule has 0 fully saturated rings. The molecule has 0 aliphatic rings. The van der Waals surface area contributed by atoms with E-state index in [9.17, 15) is 9.59 Å². The third kappa shape index (κ3) is 3.85. The van der Waals surface area contributed by atoms with Gasteiger partial charge in [-0.2, -0.15) is 0 Å². The van der Waals surface area contributed by atoms with Crippen LogP contribution in [0, 0.1) is 0 Å². The number of benzene rings is 3. The summed E-state index contributed by atoms with van der Waals surface area (Å²) in [6, 6.07) is 22.7. The number of fused-ring (bicyclic) bond motifs is 1.